The van der Waals surface area contributed by atoms with Crippen LogP contribution < -0.4 is 15.2 Å². The van der Waals surface area contributed by atoms with E-state index >= 15 is 0 Å². The van der Waals surface area contributed by atoms with E-state index < -0.39 is 0 Å². The molecule has 1 atom stereocenters. The molecule has 0 amide bonds. The molecule has 1 aromatic carbocycles. The number of hydrogen-bond acceptors (Lipinski definition) is 4. The summed E-state index contributed by atoms with van der Waals surface area (Å²) in [5.74, 6) is 1.47. The van der Waals surface area contributed by atoms with Crippen LogP contribution >= 0.6 is 36.4 Å². The molecule has 2 rings (SSSR count). The van der Waals surface area contributed by atoms with Gasteiger partial charge in [0.15, 0.2) is 11.5 Å². The summed E-state index contributed by atoms with van der Waals surface area (Å²) in [5.41, 5.74) is 7.12. The van der Waals surface area contributed by atoms with Gasteiger partial charge in [-0.05, 0) is 50.4 Å². The summed E-state index contributed by atoms with van der Waals surface area (Å²) < 4.78 is 11.1. The van der Waals surface area contributed by atoms with Crippen molar-refractivity contribution >= 4 is 36.4 Å². The number of nitrogens with zero attached hydrogens (tertiary/aromatic N) is 1. The third-order valence-corrected chi connectivity index (χ3v) is 4.41. The second-order valence-corrected chi connectivity index (χ2v) is 6.32. The number of halogens is 3. The van der Waals surface area contributed by atoms with Crippen molar-refractivity contribution < 1.29 is 9.47 Å². The first-order chi connectivity index (χ1) is 10.6. The third kappa shape index (κ3) is 6.85. The average molecular weight is 400 g/mol. The molecule has 1 aromatic rings. The molecule has 7 heteroatoms. The van der Waals surface area contributed by atoms with E-state index in [-0.39, 0.29) is 24.8 Å². The standard InChI is InChI=1S/C17H27ClN2O2.2ClH/c1-3-9-22-17-11-15(18)13(10-16(17)21-2)12-20-7-4-5-14(19)6-8-20;;/h10-11,14H,3-9,12,19H2,1-2H3;2*1H. The fourth-order valence-electron chi connectivity index (χ4n) is 2.76. The van der Waals surface area contributed by atoms with E-state index in [1.807, 2.05) is 12.1 Å². The molecular weight excluding hydrogens is 371 g/mol. The van der Waals surface area contributed by atoms with E-state index in [1.165, 1.54) is 0 Å². The summed E-state index contributed by atoms with van der Waals surface area (Å²) in [7, 11) is 1.66. The van der Waals surface area contributed by atoms with Gasteiger partial charge in [-0.15, -0.1) is 24.8 Å². The van der Waals surface area contributed by atoms with E-state index in [2.05, 4.69) is 11.8 Å². The molecule has 4 nitrogen and oxygen atoms in total. The summed E-state index contributed by atoms with van der Waals surface area (Å²) in [6, 6.07) is 4.20. The first-order valence-electron chi connectivity index (χ1n) is 8.11. The van der Waals surface area contributed by atoms with Crippen molar-refractivity contribution in [3.8, 4) is 11.5 Å². The number of nitrogens with two attached hydrogens (primary N) is 1. The van der Waals surface area contributed by atoms with Gasteiger partial charge in [0.1, 0.15) is 0 Å². The zero-order valence-electron chi connectivity index (χ0n) is 14.4. The quantitative estimate of drug-likeness (QED) is 0.775. The van der Waals surface area contributed by atoms with E-state index in [9.17, 15) is 0 Å². The number of ether oxygens (including phenoxy) is 2. The van der Waals surface area contributed by atoms with Crippen LogP contribution in [0.3, 0.4) is 0 Å². The molecule has 1 aliphatic rings. The van der Waals surface area contributed by atoms with Crippen molar-refractivity contribution in [2.24, 2.45) is 5.73 Å². The lowest BCUT2D eigenvalue weighted by atomic mass is 10.1. The van der Waals surface area contributed by atoms with Crippen molar-refractivity contribution in [3.05, 3.63) is 22.7 Å². The lowest BCUT2D eigenvalue weighted by molar-refractivity contribution is 0.273. The Hall–Kier alpha value is -0.390. The zero-order chi connectivity index (χ0) is 15.9. The van der Waals surface area contributed by atoms with Gasteiger partial charge in [-0.3, -0.25) is 4.90 Å². The van der Waals surface area contributed by atoms with E-state index in [4.69, 9.17) is 26.8 Å². The summed E-state index contributed by atoms with van der Waals surface area (Å²) in [5, 5.41) is 0.737. The molecule has 0 aliphatic carbocycles. The highest BCUT2D eigenvalue weighted by Gasteiger charge is 2.17. The maximum absolute atomic E-state index is 6.44. The van der Waals surface area contributed by atoms with Crippen molar-refractivity contribution in [1.29, 1.82) is 0 Å². The van der Waals surface area contributed by atoms with Gasteiger partial charge < -0.3 is 15.2 Å². The summed E-state index contributed by atoms with van der Waals surface area (Å²) in [6.07, 6.45) is 4.26. The van der Waals surface area contributed by atoms with Crippen LogP contribution in [0.25, 0.3) is 0 Å². The Balaban J connectivity index is 0.00000264. The summed E-state index contributed by atoms with van der Waals surface area (Å²) in [4.78, 5) is 2.42. The molecule has 1 saturated heterocycles. The SMILES string of the molecule is CCCOc1cc(Cl)c(CN2CCCC(N)CC2)cc1OC.Cl.Cl. The molecule has 0 bridgehead atoms. The highest BCUT2D eigenvalue weighted by molar-refractivity contribution is 6.31. The number of hydrogen-bond donors (Lipinski definition) is 1. The molecular formula is C17H29Cl3N2O2. The maximum atomic E-state index is 6.44. The predicted molar refractivity (Wildman–Crippen MR) is 105 cm³/mol. The Labute approximate surface area is 162 Å². The minimum absolute atomic E-state index is 0. The van der Waals surface area contributed by atoms with Crippen molar-refractivity contribution in [3.63, 3.8) is 0 Å². The van der Waals surface area contributed by atoms with E-state index in [0.29, 0.717) is 12.6 Å². The van der Waals surface area contributed by atoms with Crippen LogP contribution in [0.5, 0.6) is 11.5 Å². The van der Waals surface area contributed by atoms with Crippen LogP contribution in [-0.2, 0) is 6.54 Å². The molecule has 0 spiro atoms. The second-order valence-electron chi connectivity index (χ2n) is 5.91. The minimum Gasteiger partial charge on any atom is -0.493 e. The zero-order valence-corrected chi connectivity index (χ0v) is 16.8. The lowest BCUT2D eigenvalue weighted by Gasteiger charge is -2.21. The fourth-order valence-corrected chi connectivity index (χ4v) is 2.98. The summed E-state index contributed by atoms with van der Waals surface area (Å²) >= 11 is 6.44. The number of methoxy groups -OCH3 is 1. The molecule has 0 radical (unpaired) electrons. The van der Waals surface area contributed by atoms with Crippen molar-refractivity contribution in [2.45, 2.75) is 45.2 Å². The first-order valence-corrected chi connectivity index (χ1v) is 8.49. The van der Waals surface area contributed by atoms with Gasteiger partial charge in [0.2, 0.25) is 0 Å². The topological polar surface area (TPSA) is 47.7 Å². The molecule has 1 heterocycles. The van der Waals surface area contributed by atoms with Gasteiger partial charge in [-0.1, -0.05) is 18.5 Å². The van der Waals surface area contributed by atoms with Gasteiger partial charge in [0, 0.05) is 23.7 Å². The Bertz CT molecular complexity index is 489. The summed E-state index contributed by atoms with van der Waals surface area (Å²) in [6.45, 7) is 5.66. The van der Waals surface area contributed by atoms with Gasteiger partial charge in [-0.2, -0.15) is 0 Å². The molecule has 0 saturated carbocycles. The minimum atomic E-state index is 0. The molecule has 0 aromatic heterocycles. The molecule has 1 aliphatic heterocycles. The predicted octanol–water partition coefficient (Wildman–Crippen LogP) is 4.29. The average Bonchev–Trinajstić information content (AvgIpc) is 2.72. The molecule has 1 unspecified atom stereocenters. The Morgan fingerprint density at radius 3 is 2.62 bits per heavy atom. The van der Waals surface area contributed by atoms with Gasteiger partial charge >= 0.3 is 0 Å². The Morgan fingerprint density at radius 1 is 1.21 bits per heavy atom. The normalized spacial score (nSPS) is 18.1. The number of benzene rings is 1. The largest absolute Gasteiger partial charge is 0.493 e. The number of likely N-dealkylation sites (tertiary alicyclic amines) is 1. The van der Waals surface area contributed by atoms with Crippen molar-refractivity contribution in [2.75, 3.05) is 26.8 Å². The lowest BCUT2D eigenvalue weighted by Crippen LogP contribution is -2.26. The van der Waals surface area contributed by atoms with E-state index in [1.54, 1.807) is 7.11 Å². The third-order valence-electron chi connectivity index (χ3n) is 4.05. The fraction of sp³-hybridized carbons (Fsp3) is 0.647. The molecule has 24 heavy (non-hydrogen) atoms. The van der Waals surface area contributed by atoms with Crippen LogP contribution in [0, 0.1) is 0 Å². The van der Waals surface area contributed by atoms with Crippen LogP contribution in [0.4, 0.5) is 0 Å². The first kappa shape index (κ1) is 23.6. The molecule has 1 fully saturated rings. The smallest absolute Gasteiger partial charge is 0.162 e. The second kappa shape index (κ2) is 12.0. The Morgan fingerprint density at radius 2 is 1.96 bits per heavy atom. The highest BCUT2D eigenvalue weighted by atomic mass is 35.5. The van der Waals surface area contributed by atoms with E-state index in [0.717, 1.165) is 67.4 Å². The van der Waals surface area contributed by atoms with Gasteiger partial charge in [0.25, 0.3) is 0 Å². The van der Waals surface area contributed by atoms with Crippen molar-refractivity contribution in [1.82, 2.24) is 4.90 Å². The van der Waals surface area contributed by atoms with Crippen LogP contribution in [0.1, 0.15) is 38.2 Å². The number of rotatable bonds is 6. The van der Waals surface area contributed by atoms with Crippen LogP contribution in [0.15, 0.2) is 12.1 Å². The van der Waals surface area contributed by atoms with Gasteiger partial charge in [-0.25, -0.2) is 0 Å². The van der Waals surface area contributed by atoms with Crippen LogP contribution in [0.2, 0.25) is 5.02 Å². The van der Waals surface area contributed by atoms with Gasteiger partial charge in [0.05, 0.1) is 13.7 Å². The Kier molecular flexibility index (Phi) is 11.8. The highest BCUT2D eigenvalue weighted by Crippen LogP contribution is 2.34. The van der Waals surface area contributed by atoms with Crippen LogP contribution in [-0.4, -0.2) is 37.7 Å². The monoisotopic (exact) mass is 398 g/mol. The molecule has 2 N–H and O–H groups in total. The maximum Gasteiger partial charge on any atom is 0.162 e. The molecule has 140 valence electrons.